The van der Waals surface area contributed by atoms with Gasteiger partial charge in [-0.15, -0.1) is 0 Å². The van der Waals surface area contributed by atoms with Crippen LogP contribution in [-0.4, -0.2) is 22.4 Å². The van der Waals surface area contributed by atoms with Crippen LogP contribution in [0.4, 0.5) is 5.69 Å². The van der Waals surface area contributed by atoms with Gasteiger partial charge in [0.05, 0.1) is 25.0 Å². The minimum absolute atomic E-state index is 0.0559. The first kappa shape index (κ1) is 14.1. The summed E-state index contributed by atoms with van der Waals surface area (Å²) in [6.07, 6.45) is 2.12. The first-order valence-corrected chi connectivity index (χ1v) is 6.77. The lowest BCUT2D eigenvalue weighted by Crippen LogP contribution is -2.24. The van der Waals surface area contributed by atoms with E-state index in [4.69, 9.17) is 0 Å². The lowest BCUT2D eigenvalue weighted by molar-refractivity contribution is -0.120. The second-order valence-electron chi connectivity index (χ2n) is 4.65. The van der Waals surface area contributed by atoms with Gasteiger partial charge >= 0.3 is 0 Å². The lowest BCUT2D eigenvalue weighted by Gasteiger charge is -2.07. The fourth-order valence-electron chi connectivity index (χ4n) is 1.94. The number of carbonyl (C=O) groups excluding carboxylic acids is 1. The van der Waals surface area contributed by atoms with Gasteiger partial charge in [0.2, 0.25) is 5.91 Å². The van der Waals surface area contributed by atoms with Gasteiger partial charge in [0.25, 0.3) is 0 Å². The van der Waals surface area contributed by atoms with E-state index in [-0.39, 0.29) is 5.91 Å². The molecule has 5 heteroatoms. The van der Waals surface area contributed by atoms with Crippen molar-refractivity contribution in [1.82, 2.24) is 15.3 Å². The van der Waals surface area contributed by atoms with Crippen LogP contribution in [0.3, 0.4) is 0 Å². The zero-order valence-corrected chi connectivity index (χ0v) is 11.9. The molecule has 1 amide bonds. The number of likely N-dealkylation sites (N-methyl/N-ethyl adjacent to an activating group) is 1. The number of rotatable bonds is 6. The predicted molar refractivity (Wildman–Crippen MR) is 79.5 cm³/mol. The molecule has 0 atom stereocenters. The molecule has 106 valence electrons. The molecule has 0 bridgehead atoms. The number of aryl methyl sites for hydroxylation is 1. The number of carbonyl (C=O) groups is 1. The van der Waals surface area contributed by atoms with E-state index in [1.165, 1.54) is 0 Å². The number of hydrogen-bond acceptors (Lipinski definition) is 3. The van der Waals surface area contributed by atoms with E-state index in [1.807, 2.05) is 38.1 Å². The average molecular weight is 272 g/mol. The summed E-state index contributed by atoms with van der Waals surface area (Å²) in [4.78, 5) is 18.8. The minimum atomic E-state index is 0.0559. The molecule has 3 N–H and O–H groups in total. The number of H-pyrrole nitrogens is 1. The van der Waals surface area contributed by atoms with Crippen molar-refractivity contribution in [1.29, 1.82) is 0 Å². The zero-order chi connectivity index (χ0) is 14.4. The van der Waals surface area contributed by atoms with Crippen molar-refractivity contribution in [2.45, 2.75) is 26.8 Å². The summed E-state index contributed by atoms with van der Waals surface area (Å²) in [6.45, 7) is 5.27. The number of imidazole rings is 1. The molecule has 0 saturated carbocycles. The third kappa shape index (κ3) is 3.85. The van der Waals surface area contributed by atoms with Crippen LogP contribution in [0, 0.1) is 6.92 Å². The maximum absolute atomic E-state index is 11.5. The van der Waals surface area contributed by atoms with Gasteiger partial charge < -0.3 is 15.6 Å². The Kier molecular flexibility index (Phi) is 4.76. The summed E-state index contributed by atoms with van der Waals surface area (Å²) < 4.78 is 0. The number of aromatic amines is 1. The Bertz CT molecular complexity index is 560. The van der Waals surface area contributed by atoms with Crippen molar-refractivity contribution in [2.24, 2.45) is 0 Å². The van der Waals surface area contributed by atoms with E-state index in [9.17, 15) is 4.79 Å². The standard InChI is InChI=1S/C15H20N4O/c1-3-16-15(20)8-12-4-6-13(7-5-12)17-9-14-11(2)18-10-19-14/h4-7,10,17H,3,8-9H2,1-2H3,(H,16,20)(H,18,19). The molecule has 0 aliphatic heterocycles. The van der Waals surface area contributed by atoms with Gasteiger partial charge in [-0.25, -0.2) is 4.98 Å². The molecule has 0 fully saturated rings. The Morgan fingerprint density at radius 2 is 2.05 bits per heavy atom. The third-order valence-corrected chi connectivity index (χ3v) is 3.09. The largest absolute Gasteiger partial charge is 0.379 e. The van der Waals surface area contributed by atoms with Crippen LogP contribution < -0.4 is 10.6 Å². The molecule has 0 spiro atoms. The van der Waals surface area contributed by atoms with Crippen LogP contribution >= 0.6 is 0 Å². The molecule has 1 aromatic carbocycles. The van der Waals surface area contributed by atoms with Gasteiger partial charge in [-0.1, -0.05) is 12.1 Å². The fourth-order valence-corrected chi connectivity index (χ4v) is 1.94. The predicted octanol–water partition coefficient (Wildman–Crippen LogP) is 2.01. The first-order chi connectivity index (χ1) is 9.69. The SMILES string of the molecule is CCNC(=O)Cc1ccc(NCc2nc[nH]c2C)cc1. The number of hydrogen-bond donors (Lipinski definition) is 3. The number of amides is 1. The van der Waals surface area contributed by atoms with E-state index >= 15 is 0 Å². The van der Waals surface area contributed by atoms with E-state index in [0.717, 1.165) is 22.6 Å². The molecule has 1 heterocycles. The third-order valence-electron chi connectivity index (χ3n) is 3.09. The molecular formula is C15H20N4O. The highest BCUT2D eigenvalue weighted by Crippen LogP contribution is 2.12. The zero-order valence-electron chi connectivity index (χ0n) is 11.9. The Labute approximate surface area is 118 Å². The smallest absolute Gasteiger partial charge is 0.224 e. The minimum Gasteiger partial charge on any atom is -0.379 e. The molecular weight excluding hydrogens is 252 g/mol. The monoisotopic (exact) mass is 272 g/mol. The number of nitrogens with one attached hydrogen (secondary N) is 3. The summed E-state index contributed by atoms with van der Waals surface area (Å²) >= 11 is 0. The summed E-state index contributed by atoms with van der Waals surface area (Å²) in [7, 11) is 0. The van der Waals surface area contributed by atoms with Gasteiger partial charge in [-0.3, -0.25) is 4.79 Å². The van der Waals surface area contributed by atoms with Crippen molar-refractivity contribution in [3.8, 4) is 0 Å². The van der Waals surface area contributed by atoms with Crippen molar-refractivity contribution in [3.63, 3.8) is 0 Å². The normalized spacial score (nSPS) is 10.3. The summed E-state index contributed by atoms with van der Waals surface area (Å²) in [6, 6.07) is 7.90. The number of benzene rings is 1. The first-order valence-electron chi connectivity index (χ1n) is 6.77. The maximum Gasteiger partial charge on any atom is 0.224 e. The Hall–Kier alpha value is -2.30. The molecule has 20 heavy (non-hydrogen) atoms. The van der Waals surface area contributed by atoms with Gasteiger partial charge in [-0.2, -0.15) is 0 Å². The molecule has 0 aliphatic carbocycles. The molecule has 2 rings (SSSR count). The van der Waals surface area contributed by atoms with Crippen LogP contribution in [0.25, 0.3) is 0 Å². The summed E-state index contributed by atoms with van der Waals surface area (Å²) in [5, 5.41) is 6.10. The van der Waals surface area contributed by atoms with Crippen molar-refractivity contribution in [3.05, 3.63) is 47.5 Å². The molecule has 0 aliphatic rings. The van der Waals surface area contributed by atoms with Crippen LogP contribution in [0.5, 0.6) is 0 Å². The van der Waals surface area contributed by atoms with Crippen molar-refractivity contribution >= 4 is 11.6 Å². The van der Waals surface area contributed by atoms with Gasteiger partial charge in [0.15, 0.2) is 0 Å². The van der Waals surface area contributed by atoms with E-state index < -0.39 is 0 Å². The average Bonchev–Trinajstić information content (AvgIpc) is 2.84. The number of nitrogens with zero attached hydrogens (tertiary/aromatic N) is 1. The van der Waals surface area contributed by atoms with Gasteiger partial charge in [0, 0.05) is 17.9 Å². The Morgan fingerprint density at radius 1 is 1.30 bits per heavy atom. The Balaban J connectivity index is 1.88. The summed E-state index contributed by atoms with van der Waals surface area (Å²) in [5.74, 6) is 0.0559. The highest BCUT2D eigenvalue weighted by atomic mass is 16.1. The quantitative estimate of drug-likeness (QED) is 0.753. The van der Waals surface area contributed by atoms with E-state index in [1.54, 1.807) is 6.33 Å². The van der Waals surface area contributed by atoms with Crippen molar-refractivity contribution < 1.29 is 4.79 Å². The highest BCUT2D eigenvalue weighted by molar-refractivity contribution is 5.78. The fraction of sp³-hybridized carbons (Fsp3) is 0.333. The van der Waals surface area contributed by atoms with E-state index in [0.29, 0.717) is 19.5 Å². The highest BCUT2D eigenvalue weighted by Gasteiger charge is 2.03. The van der Waals surface area contributed by atoms with Crippen LogP contribution in [0.2, 0.25) is 0 Å². The van der Waals surface area contributed by atoms with Crippen LogP contribution in [0.15, 0.2) is 30.6 Å². The molecule has 0 radical (unpaired) electrons. The Morgan fingerprint density at radius 3 is 2.65 bits per heavy atom. The number of anilines is 1. The van der Waals surface area contributed by atoms with Crippen LogP contribution in [0.1, 0.15) is 23.9 Å². The molecule has 0 saturated heterocycles. The van der Waals surface area contributed by atoms with Crippen molar-refractivity contribution in [2.75, 3.05) is 11.9 Å². The molecule has 2 aromatic rings. The van der Waals surface area contributed by atoms with E-state index in [2.05, 4.69) is 20.6 Å². The molecule has 1 aromatic heterocycles. The second kappa shape index (κ2) is 6.75. The topological polar surface area (TPSA) is 69.8 Å². The lowest BCUT2D eigenvalue weighted by atomic mass is 10.1. The second-order valence-corrected chi connectivity index (χ2v) is 4.65. The molecule has 5 nitrogen and oxygen atoms in total. The van der Waals surface area contributed by atoms with Crippen LogP contribution in [-0.2, 0) is 17.8 Å². The summed E-state index contributed by atoms with van der Waals surface area (Å²) in [5.41, 5.74) is 4.12. The van der Waals surface area contributed by atoms with Gasteiger partial charge in [-0.05, 0) is 31.5 Å². The van der Waals surface area contributed by atoms with Gasteiger partial charge in [0.1, 0.15) is 0 Å². The molecule has 0 unspecified atom stereocenters. The maximum atomic E-state index is 11.5. The number of aromatic nitrogens is 2.